The molecule has 4 rings (SSSR count). The predicted octanol–water partition coefficient (Wildman–Crippen LogP) is 4.70. The van der Waals surface area contributed by atoms with Crippen LogP contribution >= 0.6 is 23.5 Å². The second kappa shape index (κ2) is 8.01. The zero-order valence-electron chi connectivity index (χ0n) is 14.1. The van der Waals surface area contributed by atoms with Gasteiger partial charge in [-0.25, -0.2) is 0 Å². The maximum atomic E-state index is 12.7. The first-order valence-electron chi connectivity index (χ1n) is 8.42. The number of carbonyl (C=O) groups is 1. The molecule has 0 spiro atoms. The van der Waals surface area contributed by atoms with E-state index in [4.69, 9.17) is 4.42 Å². The number of nitrogens with zero attached hydrogens (tertiary/aromatic N) is 1. The number of thioether (sulfide) groups is 2. The van der Waals surface area contributed by atoms with Crippen LogP contribution in [-0.2, 0) is 11.5 Å². The molecule has 1 amide bonds. The van der Waals surface area contributed by atoms with Gasteiger partial charge in [0.2, 0.25) is 0 Å². The second-order valence-electron chi connectivity index (χ2n) is 5.87. The van der Waals surface area contributed by atoms with Crippen molar-refractivity contribution in [1.29, 1.82) is 0 Å². The molecule has 1 aliphatic rings. The summed E-state index contributed by atoms with van der Waals surface area (Å²) in [6.07, 6.45) is 0. The second-order valence-corrected chi connectivity index (χ2v) is 7.94. The molecule has 0 unspecified atom stereocenters. The Bertz CT molecular complexity index is 951. The van der Waals surface area contributed by atoms with Crippen molar-refractivity contribution in [3.8, 4) is 0 Å². The number of rotatable bonds is 5. The molecule has 2 heterocycles. The highest BCUT2D eigenvalue weighted by Crippen LogP contribution is 2.30. The summed E-state index contributed by atoms with van der Waals surface area (Å²) in [6, 6.07) is 18.1. The maximum Gasteiger partial charge on any atom is 0.293 e. The van der Waals surface area contributed by atoms with Gasteiger partial charge in [-0.05, 0) is 11.6 Å². The summed E-state index contributed by atoms with van der Waals surface area (Å²) in [4.78, 5) is 17.0. The van der Waals surface area contributed by atoms with E-state index < -0.39 is 0 Å². The molecule has 0 atom stereocenters. The molecule has 1 aromatic heterocycles. The predicted molar refractivity (Wildman–Crippen MR) is 110 cm³/mol. The quantitative estimate of drug-likeness (QED) is 0.695. The lowest BCUT2D eigenvalue weighted by molar-refractivity contribution is 0.0952. The number of benzene rings is 2. The Morgan fingerprint density at radius 3 is 2.73 bits per heavy atom. The van der Waals surface area contributed by atoms with Gasteiger partial charge in [-0.15, -0.1) is 0 Å². The number of amidine groups is 1. The average Bonchev–Trinajstić information content (AvgIpc) is 3.31. The van der Waals surface area contributed by atoms with Gasteiger partial charge in [0.25, 0.3) is 5.91 Å². The molecule has 26 heavy (non-hydrogen) atoms. The van der Waals surface area contributed by atoms with Crippen LogP contribution in [0.25, 0.3) is 11.0 Å². The number of para-hydroxylation sites is 1. The van der Waals surface area contributed by atoms with Crippen molar-refractivity contribution in [3.63, 3.8) is 0 Å². The van der Waals surface area contributed by atoms with E-state index in [0.29, 0.717) is 16.7 Å². The highest BCUT2D eigenvalue weighted by molar-refractivity contribution is 8.14. The Morgan fingerprint density at radius 1 is 1.12 bits per heavy atom. The lowest BCUT2D eigenvalue weighted by Gasteiger charge is -2.05. The van der Waals surface area contributed by atoms with Crippen LogP contribution in [0.2, 0.25) is 0 Å². The van der Waals surface area contributed by atoms with Crippen molar-refractivity contribution in [2.75, 3.05) is 12.3 Å². The van der Waals surface area contributed by atoms with Crippen molar-refractivity contribution in [1.82, 2.24) is 5.32 Å². The highest BCUT2D eigenvalue weighted by atomic mass is 32.2. The Kier molecular flexibility index (Phi) is 5.32. The first-order valence-corrected chi connectivity index (χ1v) is 10.6. The number of furan rings is 1. The average molecular weight is 383 g/mol. The van der Waals surface area contributed by atoms with E-state index >= 15 is 0 Å². The molecule has 4 nitrogen and oxygen atoms in total. The number of amides is 1. The van der Waals surface area contributed by atoms with Gasteiger partial charge in [0.1, 0.15) is 5.58 Å². The standard InChI is InChI=1S/C20H18N2O2S2/c23-19(22-20-21-10-11-26-20)18-16(15-8-4-5-9-17(15)24-18)13-25-12-14-6-2-1-3-7-14/h1-9H,10-13H2,(H,21,22,23). The highest BCUT2D eigenvalue weighted by Gasteiger charge is 2.22. The smallest absolute Gasteiger partial charge is 0.293 e. The molecular weight excluding hydrogens is 364 g/mol. The van der Waals surface area contributed by atoms with Crippen LogP contribution in [0.4, 0.5) is 0 Å². The van der Waals surface area contributed by atoms with Crippen LogP contribution < -0.4 is 5.32 Å². The third-order valence-electron chi connectivity index (χ3n) is 4.07. The van der Waals surface area contributed by atoms with Gasteiger partial charge >= 0.3 is 0 Å². The topological polar surface area (TPSA) is 54.6 Å². The van der Waals surface area contributed by atoms with Crippen molar-refractivity contribution in [3.05, 3.63) is 71.5 Å². The number of nitrogens with one attached hydrogen (secondary N) is 1. The lowest BCUT2D eigenvalue weighted by Crippen LogP contribution is -2.27. The van der Waals surface area contributed by atoms with Gasteiger partial charge in [0.15, 0.2) is 10.9 Å². The van der Waals surface area contributed by atoms with Crippen LogP contribution in [-0.4, -0.2) is 23.4 Å². The molecule has 1 N–H and O–H groups in total. The van der Waals surface area contributed by atoms with E-state index in [1.807, 2.05) is 42.5 Å². The summed E-state index contributed by atoms with van der Waals surface area (Å²) in [5, 5.41) is 4.55. The molecule has 0 aliphatic carbocycles. The molecular formula is C20H18N2O2S2. The van der Waals surface area contributed by atoms with E-state index in [2.05, 4.69) is 22.4 Å². The molecule has 0 fully saturated rings. The van der Waals surface area contributed by atoms with E-state index in [9.17, 15) is 4.79 Å². The number of aliphatic imine (C=N–C) groups is 1. The largest absolute Gasteiger partial charge is 0.451 e. The summed E-state index contributed by atoms with van der Waals surface area (Å²) in [6.45, 7) is 0.750. The summed E-state index contributed by atoms with van der Waals surface area (Å²) < 4.78 is 5.88. The molecule has 0 saturated carbocycles. The first kappa shape index (κ1) is 17.2. The number of hydrogen-bond donors (Lipinski definition) is 1. The minimum atomic E-state index is -0.218. The van der Waals surface area contributed by atoms with Crippen LogP contribution in [0.1, 0.15) is 21.7 Å². The van der Waals surface area contributed by atoms with Gasteiger partial charge in [0, 0.05) is 28.2 Å². The molecule has 1 aliphatic heterocycles. The van der Waals surface area contributed by atoms with Gasteiger partial charge < -0.3 is 4.42 Å². The fourth-order valence-electron chi connectivity index (χ4n) is 2.84. The maximum absolute atomic E-state index is 12.7. The molecule has 6 heteroatoms. The third kappa shape index (κ3) is 3.81. The number of fused-ring (bicyclic) bond motifs is 1. The van der Waals surface area contributed by atoms with E-state index in [-0.39, 0.29) is 5.91 Å². The van der Waals surface area contributed by atoms with Crippen molar-refractivity contribution in [2.45, 2.75) is 11.5 Å². The van der Waals surface area contributed by atoms with E-state index in [0.717, 1.165) is 34.6 Å². The molecule has 132 valence electrons. The van der Waals surface area contributed by atoms with E-state index in [1.54, 1.807) is 23.5 Å². The van der Waals surface area contributed by atoms with Crippen LogP contribution in [0, 0.1) is 0 Å². The Morgan fingerprint density at radius 2 is 1.92 bits per heavy atom. The Labute approximate surface area is 160 Å². The Balaban J connectivity index is 1.56. The van der Waals surface area contributed by atoms with Crippen molar-refractivity contribution >= 4 is 45.6 Å². The Hall–Kier alpha value is -2.18. The van der Waals surface area contributed by atoms with Crippen molar-refractivity contribution < 1.29 is 9.21 Å². The minimum absolute atomic E-state index is 0.218. The zero-order valence-corrected chi connectivity index (χ0v) is 15.7. The van der Waals surface area contributed by atoms with Gasteiger partial charge in [-0.3, -0.25) is 15.1 Å². The fourth-order valence-corrected chi connectivity index (χ4v) is 4.58. The normalized spacial score (nSPS) is 13.8. The SMILES string of the molecule is O=C(NC1=NCCS1)c1oc2ccccc2c1CSCc1ccccc1. The van der Waals surface area contributed by atoms with Crippen molar-refractivity contribution in [2.24, 2.45) is 4.99 Å². The first-order chi connectivity index (χ1) is 12.8. The molecule has 3 aromatic rings. The monoisotopic (exact) mass is 382 g/mol. The molecule has 0 bridgehead atoms. The lowest BCUT2D eigenvalue weighted by atomic mass is 10.1. The van der Waals surface area contributed by atoms with Crippen LogP contribution in [0.5, 0.6) is 0 Å². The third-order valence-corrected chi connectivity index (χ3v) is 5.99. The van der Waals surface area contributed by atoms with E-state index in [1.165, 1.54) is 5.56 Å². The number of hydrogen-bond acceptors (Lipinski definition) is 5. The van der Waals surface area contributed by atoms with Gasteiger partial charge in [-0.2, -0.15) is 11.8 Å². The van der Waals surface area contributed by atoms with Crippen LogP contribution in [0.15, 0.2) is 64.0 Å². The summed E-state index contributed by atoms with van der Waals surface area (Å²) in [7, 11) is 0. The fraction of sp³-hybridized carbons (Fsp3) is 0.200. The summed E-state index contributed by atoms with van der Waals surface area (Å²) >= 11 is 3.34. The summed E-state index contributed by atoms with van der Waals surface area (Å²) in [5.74, 6) is 2.69. The summed E-state index contributed by atoms with van der Waals surface area (Å²) in [5.41, 5.74) is 2.96. The molecule has 0 saturated heterocycles. The van der Waals surface area contributed by atoms with Gasteiger partial charge in [0.05, 0.1) is 6.54 Å². The minimum Gasteiger partial charge on any atom is -0.451 e. The van der Waals surface area contributed by atoms with Gasteiger partial charge in [-0.1, -0.05) is 60.3 Å². The zero-order chi connectivity index (χ0) is 17.8. The molecule has 0 radical (unpaired) electrons. The van der Waals surface area contributed by atoms with Crippen LogP contribution in [0.3, 0.4) is 0 Å². The number of carbonyl (C=O) groups excluding carboxylic acids is 1. The molecule has 2 aromatic carbocycles.